The molecule has 0 radical (unpaired) electrons. The number of aliphatic hydroxyl groups excluding tert-OH is 1. The average molecular weight is 435 g/mol. The Balaban J connectivity index is 1.72. The summed E-state index contributed by atoms with van der Waals surface area (Å²) in [6.45, 7) is 6.05. The van der Waals surface area contributed by atoms with E-state index in [2.05, 4.69) is 31.9 Å². The van der Waals surface area contributed by atoms with Gasteiger partial charge in [-0.1, -0.05) is 36.4 Å². The van der Waals surface area contributed by atoms with Crippen molar-refractivity contribution in [2.24, 2.45) is 7.05 Å². The zero-order valence-electron chi connectivity index (χ0n) is 17.9. The van der Waals surface area contributed by atoms with Gasteiger partial charge < -0.3 is 20.1 Å². The van der Waals surface area contributed by atoms with Gasteiger partial charge in [-0.15, -0.1) is 11.7 Å². The number of nitrogens with zero attached hydrogens (tertiary/aromatic N) is 5. The van der Waals surface area contributed by atoms with Crippen molar-refractivity contribution < 1.29 is 9.84 Å². The van der Waals surface area contributed by atoms with E-state index in [0.29, 0.717) is 41.0 Å². The maximum atomic E-state index is 12.6. The van der Waals surface area contributed by atoms with Crippen LogP contribution >= 0.6 is 0 Å². The van der Waals surface area contributed by atoms with Gasteiger partial charge in [0.05, 0.1) is 6.61 Å². The zero-order chi connectivity index (χ0) is 22.7. The Kier molecular flexibility index (Phi) is 6.04. The highest BCUT2D eigenvalue weighted by Crippen LogP contribution is 2.26. The molecule has 0 bridgehead atoms. The number of benzene rings is 1. The lowest BCUT2D eigenvalue weighted by Gasteiger charge is -2.12. The molecule has 3 N–H and O–H groups in total. The lowest BCUT2D eigenvalue weighted by molar-refractivity contribution is 0.281. The first-order valence-corrected chi connectivity index (χ1v) is 10.2. The number of H-pyrrole nitrogens is 1. The molecule has 1 aromatic carbocycles. The molecule has 4 rings (SSSR count). The minimum Gasteiger partial charge on any atom is -0.472 e. The van der Waals surface area contributed by atoms with Gasteiger partial charge in [-0.3, -0.25) is 9.25 Å². The summed E-state index contributed by atoms with van der Waals surface area (Å²) in [6, 6.07) is 11.3. The van der Waals surface area contributed by atoms with Gasteiger partial charge in [-0.05, 0) is 12.5 Å². The number of hydrogen-bond acceptors (Lipinski definition) is 7. The number of nitrogens with one attached hydrogen (secondary N) is 2. The van der Waals surface area contributed by atoms with Gasteiger partial charge in [-0.25, -0.2) is 9.78 Å². The highest BCUT2D eigenvalue weighted by Gasteiger charge is 2.19. The number of fused-ring (bicyclic) bond motifs is 1. The summed E-state index contributed by atoms with van der Waals surface area (Å²) in [5, 5.41) is 16.9. The normalized spacial score (nSPS) is 12.1. The molecule has 10 heteroatoms. The van der Waals surface area contributed by atoms with Crippen molar-refractivity contribution in [1.29, 1.82) is 0 Å². The molecule has 0 spiro atoms. The van der Waals surface area contributed by atoms with Crippen LogP contribution in [-0.2, 0) is 20.2 Å². The molecule has 0 saturated carbocycles. The molecule has 1 unspecified atom stereocenters. The summed E-state index contributed by atoms with van der Waals surface area (Å²) in [6.07, 6.45) is 1.61. The lowest BCUT2D eigenvalue weighted by Crippen LogP contribution is -2.27. The van der Waals surface area contributed by atoms with Crippen molar-refractivity contribution in [3.05, 3.63) is 65.1 Å². The second-order valence-corrected chi connectivity index (χ2v) is 7.42. The fourth-order valence-electron chi connectivity index (χ4n) is 3.29. The number of rotatable bonds is 9. The first-order valence-electron chi connectivity index (χ1n) is 10.2. The van der Waals surface area contributed by atoms with Crippen molar-refractivity contribution in [3.8, 4) is 17.4 Å². The number of aryl methyl sites for hydroxylation is 1. The lowest BCUT2D eigenvalue weighted by atomic mass is 10.2. The van der Waals surface area contributed by atoms with Crippen molar-refractivity contribution in [3.63, 3.8) is 0 Å². The summed E-state index contributed by atoms with van der Waals surface area (Å²) in [4.78, 5) is 24.6. The molecule has 1 atom stereocenters. The van der Waals surface area contributed by atoms with Crippen LogP contribution in [0.25, 0.3) is 22.7 Å². The fourth-order valence-corrected chi connectivity index (χ4v) is 3.29. The number of imidazole rings is 1. The van der Waals surface area contributed by atoms with Crippen molar-refractivity contribution in [1.82, 2.24) is 29.3 Å². The van der Waals surface area contributed by atoms with Gasteiger partial charge in [0.15, 0.2) is 17.3 Å². The number of aromatic amines is 1. The molecule has 10 nitrogen and oxygen atoms in total. The molecule has 0 saturated heterocycles. The molecule has 32 heavy (non-hydrogen) atoms. The van der Waals surface area contributed by atoms with Crippen molar-refractivity contribution >= 4 is 17.0 Å². The predicted octanol–water partition coefficient (Wildman–Crippen LogP) is 2.08. The Morgan fingerprint density at radius 1 is 1.31 bits per heavy atom. The second-order valence-electron chi connectivity index (χ2n) is 7.42. The van der Waals surface area contributed by atoms with Gasteiger partial charge in [0.25, 0.3) is 0 Å². The third-order valence-corrected chi connectivity index (χ3v) is 4.91. The second kappa shape index (κ2) is 9.06. The van der Waals surface area contributed by atoms with Gasteiger partial charge in [0.2, 0.25) is 5.88 Å². The molecule has 0 amide bonds. The summed E-state index contributed by atoms with van der Waals surface area (Å²) in [5.41, 5.74) is 2.25. The number of aromatic nitrogens is 6. The average Bonchev–Trinajstić information content (AvgIpc) is 3.39. The minimum atomic E-state index is -0.458. The molecular formula is C22H25N7O3. The molecule has 0 aliphatic heterocycles. The van der Waals surface area contributed by atoms with Crippen LogP contribution in [0.3, 0.4) is 0 Å². The first kappa shape index (κ1) is 21.3. The summed E-state index contributed by atoms with van der Waals surface area (Å²) in [5.74, 6) is 1.29. The van der Waals surface area contributed by atoms with E-state index in [4.69, 9.17) is 4.74 Å². The highest BCUT2D eigenvalue weighted by atomic mass is 16.5. The number of aliphatic hydroxyl groups is 1. The van der Waals surface area contributed by atoms with Crippen molar-refractivity contribution in [2.75, 3.05) is 11.9 Å². The third kappa shape index (κ3) is 4.26. The molecule has 4 aromatic rings. The molecular weight excluding hydrogens is 410 g/mol. The minimum absolute atomic E-state index is 0.107. The fraction of sp³-hybridized carbons (Fsp3) is 0.273. The van der Waals surface area contributed by atoms with E-state index in [0.717, 1.165) is 5.56 Å². The van der Waals surface area contributed by atoms with E-state index in [9.17, 15) is 9.90 Å². The standard InChI is InChI=1S/C22H25N7O3/c1-4-10-29-21-18(20(26-22(29)31)23-14(2)12-30)24-19(25-21)16-11-17(27-28(16)3)32-13-15-8-6-5-7-9-15/h4-9,11,14,30H,1,10,12-13H2,2-3H3,(H,24,25)(H,23,26,31). The van der Waals surface area contributed by atoms with E-state index in [1.807, 2.05) is 30.3 Å². The van der Waals surface area contributed by atoms with Gasteiger partial charge in [0, 0.05) is 25.7 Å². The van der Waals surface area contributed by atoms with Crippen LogP contribution in [0.15, 0.2) is 53.8 Å². The Morgan fingerprint density at radius 3 is 2.81 bits per heavy atom. The topological polar surface area (TPSA) is 123 Å². The molecule has 3 aromatic heterocycles. The summed E-state index contributed by atoms with van der Waals surface area (Å²) >= 11 is 0. The highest BCUT2D eigenvalue weighted by molar-refractivity contribution is 5.85. The first-order chi connectivity index (χ1) is 15.5. The Bertz CT molecular complexity index is 1290. The van der Waals surface area contributed by atoms with Crippen LogP contribution in [0.1, 0.15) is 12.5 Å². The maximum Gasteiger partial charge on any atom is 0.351 e. The van der Waals surface area contributed by atoms with Gasteiger partial charge in [0.1, 0.15) is 17.8 Å². The number of ether oxygens (including phenoxy) is 1. The van der Waals surface area contributed by atoms with E-state index in [1.165, 1.54) is 4.57 Å². The van der Waals surface area contributed by atoms with Crippen LogP contribution in [0, 0.1) is 0 Å². The van der Waals surface area contributed by atoms with Crippen molar-refractivity contribution in [2.45, 2.75) is 26.1 Å². The Hall–Kier alpha value is -3.92. The van der Waals surface area contributed by atoms with Crippen LogP contribution < -0.4 is 15.7 Å². The van der Waals surface area contributed by atoms with Gasteiger partial charge >= 0.3 is 5.69 Å². The van der Waals surface area contributed by atoms with E-state index < -0.39 is 5.69 Å². The smallest absolute Gasteiger partial charge is 0.351 e. The van der Waals surface area contributed by atoms with E-state index in [1.54, 1.807) is 30.8 Å². The monoisotopic (exact) mass is 435 g/mol. The number of hydrogen-bond donors (Lipinski definition) is 3. The van der Waals surface area contributed by atoms with Crippen LogP contribution in [0.2, 0.25) is 0 Å². The number of allylic oxidation sites excluding steroid dienone is 1. The third-order valence-electron chi connectivity index (χ3n) is 4.91. The SMILES string of the molecule is C=CCn1c(=O)nc(NC(C)CO)c2[nH]c(-c3cc(OCc4ccccc4)nn3C)nc21. The molecule has 166 valence electrons. The molecule has 0 aliphatic rings. The molecule has 0 aliphatic carbocycles. The summed E-state index contributed by atoms with van der Waals surface area (Å²) < 4.78 is 8.92. The van der Waals surface area contributed by atoms with Crippen LogP contribution in [-0.4, -0.2) is 47.1 Å². The van der Waals surface area contributed by atoms with Crippen LogP contribution in [0.4, 0.5) is 5.82 Å². The Morgan fingerprint density at radius 2 is 2.09 bits per heavy atom. The van der Waals surface area contributed by atoms with E-state index >= 15 is 0 Å². The van der Waals surface area contributed by atoms with E-state index in [-0.39, 0.29) is 19.2 Å². The zero-order valence-corrected chi connectivity index (χ0v) is 17.9. The number of anilines is 1. The molecule has 0 fully saturated rings. The molecule has 3 heterocycles. The largest absolute Gasteiger partial charge is 0.472 e. The van der Waals surface area contributed by atoms with Gasteiger partial charge in [-0.2, -0.15) is 4.98 Å². The predicted molar refractivity (Wildman–Crippen MR) is 121 cm³/mol. The maximum absolute atomic E-state index is 12.6. The van der Waals surface area contributed by atoms with Crippen LogP contribution in [0.5, 0.6) is 5.88 Å². The summed E-state index contributed by atoms with van der Waals surface area (Å²) in [7, 11) is 1.79. The Labute approximate surface area is 184 Å². The quantitative estimate of drug-likeness (QED) is 0.344.